The van der Waals surface area contributed by atoms with Gasteiger partial charge in [0.25, 0.3) is 5.91 Å². The number of carbonyl (C=O) groups is 2. The predicted molar refractivity (Wildman–Crippen MR) is 104 cm³/mol. The van der Waals surface area contributed by atoms with Crippen molar-refractivity contribution in [1.29, 1.82) is 0 Å². The monoisotopic (exact) mass is 385 g/mol. The largest absolute Gasteiger partial charge is 0.480 e. The molecule has 3 rings (SSSR count). The van der Waals surface area contributed by atoms with Crippen molar-refractivity contribution in [2.24, 2.45) is 5.92 Å². The predicted octanol–water partition coefficient (Wildman–Crippen LogP) is 2.94. The number of aromatic nitrogens is 1. The van der Waals surface area contributed by atoms with Crippen molar-refractivity contribution in [2.45, 2.75) is 39.2 Å². The molecule has 1 saturated heterocycles. The van der Waals surface area contributed by atoms with Crippen LogP contribution < -0.4 is 10.1 Å². The number of rotatable bonds is 7. The summed E-state index contributed by atoms with van der Waals surface area (Å²) in [6.07, 6.45) is 4.78. The van der Waals surface area contributed by atoms with Gasteiger partial charge in [0, 0.05) is 25.7 Å². The molecule has 0 aromatic carbocycles. The minimum Gasteiger partial charge on any atom is -0.480 e. The molecule has 150 valence electrons. The van der Waals surface area contributed by atoms with Crippen LogP contribution in [-0.2, 0) is 11.3 Å². The van der Waals surface area contributed by atoms with E-state index in [0.29, 0.717) is 36.9 Å². The Morgan fingerprint density at radius 1 is 1.36 bits per heavy atom. The highest BCUT2D eigenvalue weighted by Crippen LogP contribution is 2.24. The minimum atomic E-state index is -0.0627. The molecule has 1 fully saturated rings. The van der Waals surface area contributed by atoms with Gasteiger partial charge in [-0.1, -0.05) is 0 Å². The van der Waals surface area contributed by atoms with Gasteiger partial charge in [0.05, 0.1) is 13.7 Å². The Balaban J connectivity index is 1.48. The quantitative estimate of drug-likeness (QED) is 0.792. The second-order valence-corrected chi connectivity index (χ2v) is 7.15. The fraction of sp³-hybridized carbons (Fsp3) is 0.476. The fourth-order valence-corrected chi connectivity index (χ4v) is 3.56. The summed E-state index contributed by atoms with van der Waals surface area (Å²) in [6.45, 7) is 3.66. The number of ether oxygens (including phenoxy) is 1. The maximum atomic E-state index is 12.8. The maximum absolute atomic E-state index is 12.8. The van der Waals surface area contributed by atoms with Gasteiger partial charge in [-0.3, -0.25) is 9.59 Å². The number of methoxy groups -OCH3 is 1. The lowest BCUT2D eigenvalue weighted by atomic mass is 9.93. The van der Waals surface area contributed by atoms with E-state index in [9.17, 15) is 9.59 Å². The molecule has 0 unspecified atom stereocenters. The number of nitrogens with zero attached hydrogens (tertiary/aromatic N) is 2. The number of furan rings is 1. The Labute approximate surface area is 165 Å². The van der Waals surface area contributed by atoms with E-state index < -0.39 is 0 Å². The summed E-state index contributed by atoms with van der Waals surface area (Å²) in [4.78, 5) is 30.9. The van der Waals surface area contributed by atoms with E-state index in [0.717, 1.165) is 37.3 Å². The first kappa shape index (κ1) is 19.9. The van der Waals surface area contributed by atoms with Crippen LogP contribution >= 0.6 is 0 Å². The Kier molecular flexibility index (Phi) is 6.68. The summed E-state index contributed by atoms with van der Waals surface area (Å²) in [5.41, 5.74) is 0.483. The molecular formula is C21H27N3O4. The highest BCUT2D eigenvalue weighted by molar-refractivity contribution is 5.96. The molecule has 2 aromatic heterocycles. The van der Waals surface area contributed by atoms with E-state index in [1.165, 1.54) is 7.11 Å². The molecule has 0 radical (unpaired) electrons. The number of hydrogen-bond acceptors (Lipinski definition) is 5. The first-order valence-corrected chi connectivity index (χ1v) is 9.67. The third-order valence-corrected chi connectivity index (χ3v) is 5.04. The number of piperidine rings is 1. The highest BCUT2D eigenvalue weighted by atomic mass is 16.5. The van der Waals surface area contributed by atoms with Gasteiger partial charge in [-0.25, -0.2) is 4.98 Å². The summed E-state index contributed by atoms with van der Waals surface area (Å²) < 4.78 is 10.7. The van der Waals surface area contributed by atoms with E-state index in [1.54, 1.807) is 18.3 Å². The van der Waals surface area contributed by atoms with E-state index in [4.69, 9.17) is 9.15 Å². The molecule has 2 amide bonds. The van der Waals surface area contributed by atoms with Gasteiger partial charge in [0.15, 0.2) is 0 Å². The maximum Gasteiger partial charge on any atom is 0.259 e. The molecule has 28 heavy (non-hydrogen) atoms. The normalized spacial score (nSPS) is 16.6. The highest BCUT2D eigenvalue weighted by Gasteiger charge is 2.26. The van der Waals surface area contributed by atoms with Crippen LogP contribution in [0.2, 0.25) is 0 Å². The summed E-state index contributed by atoms with van der Waals surface area (Å²) >= 11 is 0. The lowest BCUT2D eigenvalue weighted by Gasteiger charge is -2.33. The molecule has 1 aliphatic rings. The molecule has 0 saturated carbocycles. The summed E-state index contributed by atoms with van der Waals surface area (Å²) in [7, 11) is 1.51. The van der Waals surface area contributed by atoms with Gasteiger partial charge in [-0.15, -0.1) is 0 Å². The Hall–Kier alpha value is -2.83. The smallest absolute Gasteiger partial charge is 0.259 e. The standard InChI is InChI=1S/C21H27N3O4/c1-15-7-9-17(28-15)13-23-19(25)10-8-16-5-4-12-24(14-16)21(26)18-6-3-11-22-20(18)27-2/h3,6-7,9,11,16H,4-5,8,10,12-14H2,1-2H3,(H,23,25)/t16-/m1/s1. The van der Waals surface area contributed by atoms with Crippen molar-refractivity contribution < 1.29 is 18.7 Å². The van der Waals surface area contributed by atoms with Gasteiger partial charge < -0.3 is 19.4 Å². The van der Waals surface area contributed by atoms with Gasteiger partial charge in [-0.05, 0) is 56.4 Å². The minimum absolute atomic E-state index is 0.00596. The Morgan fingerprint density at radius 2 is 2.21 bits per heavy atom. The fourth-order valence-electron chi connectivity index (χ4n) is 3.56. The molecule has 2 aromatic rings. The number of carbonyl (C=O) groups excluding carboxylic acids is 2. The second-order valence-electron chi connectivity index (χ2n) is 7.15. The number of hydrogen-bond donors (Lipinski definition) is 1. The van der Waals surface area contributed by atoms with Crippen LogP contribution in [0, 0.1) is 12.8 Å². The number of amides is 2. The average molecular weight is 385 g/mol. The second kappa shape index (κ2) is 9.39. The molecule has 1 N–H and O–H groups in total. The molecule has 1 aliphatic heterocycles. The van der Waals surface area contributed by atoms with Gasteiger partial charge in [-0.2, -0.15) is 0 Å². The Morgan fingerprint density at radius 3 is 2.96 bits per heavy atom. The van der Waals surface area contributed by atoms with Crippen LogP contribution in [0.5, 0.6) is 5.88 Å². The van der Waals surface area contributed by atoms with Crippen LogP contribution in [0.25, 0.3) is 0 Å². The van der Waals surface area contributed by atoms with Crippen LogP contribution in [0.1, 0.15) is 47.6 Å². The van der Waals surface area contributed by atoms with Crippen molar-refractivity contribution in [3.05, 3.63) is 47.5 Å². The zero-order chi connectivity index (χ0) is 19.9. The van der Waals surface area contributed by atoms with Gasteiger partial charge in [0.2, 0.25) is 11.8 Å². The number of pyridine rings is 1. The topological polar surface area (TPSA) is 84.7 Å². The van der Waals surface area contributed by atoms with E-state index in [2.05, 4.69) is 10.3 Å². The summed E-state index contributed by atoms with van der Waals surface area (Å²) in [6, 6.07) is 7.23. The number of aryl methyl sites for hydroxylation is 1. The SMILES string of the molecule is COc1ncccc1C(=O)N1CCC[C@H](CCC(=O)NCc2ccc(C)o2)C1. The van der Waals surface area contributed by atoms with Crippen molar-refractivity contribution in [2.75, 3.05) is 20.2 Å². The first-order chi connectivity index (χ1) is 13.6. The Bertz CT molecular complexity index is 817. The third kappa shape index (κ3) is 5.12. The molecule has 1 atom stereocenters. The molecule has 0 aliphatic carbocycles. The van der Waals surface area contributed by atoms with Crippen molar-refractivity contribution in [1.82, 2.24) is 15.2 Å². The van der Waals surface area contributed by atoms with Crippen LogP contribution in [-0.4, -0.2) is 41.9 Å². The molecular weight excluding hydrogens is 358 g/mol. The van der Waals surface area contributed by atoms with Gasteiger partial charge >= 0.3 is 0 Å². The molecule has 0 bridgehead atoms. The van der Waals surface area contributed by atoms with Gasteiger partial charge in [0.1, 0.15) is 17.1 Å². The van der Waals surface area contributed by atoms with Crippen molar-refractivity contribution >= 4 is 11.8 Å². The average Bonchev–Trinajstić information content (AvgIpc) is 3.15. The summed E-state index contributed by atoms with van der Waals surface area (Å²) in [5, 5.41) is 2.89. The summed E-state index contributed by atoms with van der Waals surface area (Å²) in [5.74, 6) is 2.20. The molecule has 0 spiro atoms. The first-order valence-electron chi connectivity index (χ1n) is 9.67. The van der Waals surface area contributed by atoms with E-state index >= 15 is 0 Å². The van der Waals surface area contributed by atoms with Crippen LogP contribution in [0.15, 0.2) is 34.9 Å². The number of nitrogens with one attached hydrogen (secondary N) is 1. The molecule has 7 heteroatoms. The zero-order valence-corrected chi connectivity index (χ0v) is 16.4. The number of likely N-dealkylation sites (tertiary alicyclic amines) is 1. The lowest BCUT2D eigenvalue weighted by molar-refractivity contribution is -0.121. The van der Waals surface area contributed by atoms with Crippen molar-refractivity contribution in [3.63, 3.8) is 0 Å². The third-order valence-electron chi connectivity index (χ3n) is 5.04. The van der Waals surface area contributed by atoms with E-state index in [-0.39, 0.29) is 11.8 Å². The van der Waals surface area contributed by atoms with Crippen LogP contribution in [0.4, 0.5) is 0 Å². The zero-order valence-electron chi connectivity index (χ0n) is 16.4. The molecule has 7 nitrogen and oxygen atoms in total. The lowest BCUT2D eigenvalue weighted by Crippen LogP contribution is -2.40. The molecule has 3 heterocycles. The van der Waals surface area contributed by atoms with E-state index in [1.807, 2.05) is 24.0 Å². The van der Waals surface area contributed by atoms with Crippen molar-refractivity contribution in [3.8, 4) is 5.88 Å². The van der Waals surface area contributed by atoms with Crippen LogP contribution in [0.3, 0.4) is 0 Å².